The Morgan fingerprint density at radius 2 is 1.59 bits per heavy atom. The smallest absolute Gasteiger partial charge is 0.298 e. The number of nitrogens with zero attached hydrogens (tertiary/aromatic N) is 2. The maximum atomic E-state index is 13.0. The van der Waals surface area contributed by atoms with E-state index in [0.717, 1.165) is 33.8 Å². The predicted molar refractivity (Wildman–Crippen MR) is 132 cm³/mol. The second kappa shape index (κ2) is 8.51. The fraction of sp³-hybridized carbons (Fsp3) is 0.0400. The minimum Gasteiger partial charge on any atom is -0.342 e. The molecule has 4 nitrogen and oxygen atoms in total. The number of thioether (sulfide) groups is 1. The van der Waals surface area contributed by atoms with Crippen LogP contribution >= 0.6 is 35.0 Å². The van der Waals surface area contributed by atoms with Crippen LogP contribution in [0.1, 0.15) is 11.1 Å². The summed E-state index contributed by atoms with van der Waals surface area (Å²) < 4.78 is 2.10. The summed E-state index contributed by atoms with van der Waals surface area (Å²) in [7, 11) is 0. The maximum absolute atomic E-state index is 13.0. The van der Waals surface area contributed by atoms with Crippen LogP contribution in [0.3, 0.4) is 0 Å². The van der Waals surface area contributed by atoms with Crippen LogP contribution in [0.2, 0.25) is 10.0 Å². The summed E-state index contributed by atoms with van der Waals surface area (Å²) in [4.78, 5) is 27.2. The molecule has 3 aromatic carbocycles. The first-order chi connectivity index (χ1) is 15.5. The third-order valence-corrected chi connectivity index (χ3v) is 6.77. The van der Waals surface area contributed by atoms with Crippen molar-refractivity contribution >= 4 is 68.8 Å². The van der Waals surface area contributed by atoms with Crippen molar-refractivity contribution in [3.8, 4) is 0 Å². The van der Waals surface area contributed by atoms with Crippen molar-refractivity contribution in [2.45, 2.75) is 6.54 Å². The van der Waals surface area contributed by atoms with Gasteiger partial charge in [-0.3, -0.25) is 9.59 Å². The third kappa shape index (κ3) is 3.84. The highest BCUT2D eigenvalue weighted by Crippen LogP contribution is 2.37. The Morgan fingerprint density at radius 1 is 0.875 bits per heavy atom. The number of aromatic nitrogens is 1. The first-order valence-corrected chi connectivity index (χ1v) is 11.4. The molecule has 1 aromatic heterocycles. The lowest BCUT2D eigenvalue weighted by atomic mass is 10.1. The van der Waals surface area contributed by atoms with Crippen molar-refractivity contribution in [2.24, 2.45) is 0 Å². The van der Waals surface area contributed by atoms with Crippen LogP contribution in [0, 0.1) is 0 Å². The molecular weight excluding hydrogens is 463 g/mol. The number of halogens is 2. The Bertz CT molecular complexity index is 1390. The fourth-order valence-electron chi connectivity index (χ4n) is 3.75. The minimum absolute atomic E-state index is 0.330. The Kier molecular flexibility index (Phi) is 5.55. The highest BCUT2D eigenvalue weighted by molar-refractivity contribution is 8.19. The number of carbonyl (C=O) groups is 2. The lowest BCUT2D eigenvalue weighted by Crippen LogP contribution is -2.27. The summed E-state index contributed by atoms with van der Waals surface area (Å²) in [5.41, 5.74) is 3.40. The van der Waals surface area contributed by atoms with Crippen molar-refractivity contribution in [1.82, 2.24) is 4.57 Å². The Morgan fingerprint density at radius 3 is 2.38 bits per heavy atom. The maximum Gasteiger partial charge on any atom is 0.298 e. The molecule has 0 spiro atoms. The van der Waals surface area contributed by atoms with Gasteiger partial charge in [-0.2, -0.15) is 0 Å². The van der Waals surface area contributed by atoms with E-state index in [4.69, 9.17) is 23.2 Å². The van der Waals surface area contributed by atoms with Crippen LogP contribution in [0.25, 0.3) is 17.0 Å². The zero-order chi connectivity index (χ0) is 22.2. The third-order valence-electron chi connectivity index (χ3n) is 5.28. The van der Waals surface area contributed by atoms with Crippen LogP contribution in [-0.4, -0.2) is 15.7 Å². The van der Waals surface area contributed by atoms with Crippen LogP contribution in [0.5, 0.6) is 0 Å². The lowest BCUT2D eigenvalue weighted by molar-refractivity contribution is -0.113. The van der Waals surface area contributed by atoms with E-state index in [0.29, 0.717) is 27.2 Å². The number of benzene rings is 3. The lowest BCUT2D eigenvalue weighted by Gasteiger charge is -2.12. The average Bonchev–Trinajstić information content (AvgIpc) is 3.27. The number of anilines is 1. The van der Waals surface area contributed by atoms with E-state index in [2.05, 4.69) is 4.57 Å². The summed E-state index contributed by atoms with van der Waals surface area (Å²) in [5, 5.41) is 1.92. The van der Waals surface area contributed by atoms with Gasteiger partial charge < -0.3 is 4.57 Å². The van der Waals surface area contributed by atoms with E-state index < -0.39 is 0 Å². The molecule has 32 heavy (non-hydrogen) atoms. The Balaban J connectivity index is 1.53. The number of fused-ring (bicyclic) bond motifs is 1. The normalized spacial score (nSPS) is 15.3. The molecular formula is C25H16Cl2N2O2S. The monoisotopic (exact) mass is 478 g/mol. The standard InChI is InChI=1S/C25H16Cl2N2O2S/c26-18-9-11-19(12-10-18)29-24(30)23(32-25(29)31)13-17-15-28(22-8-4-2-6-20(17)22)14-16-5-1-3-7-21(16)27/h1-13,15H,14H2/b23-13+. The van der Waals surface area contributed by atoms with Crippen molar-refractivity contribution < 1.29 is 9.59 Å². The molecule has 0 atom stereocenters. The number of carbonyl (C=O) groups excluding carboxylic acids is 2. The van der Waals surface area contributed by atoms with Gasteiger partial charge in [0.25, 0.3) is 11.1 Å². The first-order valence-electron chi connectivity index (χ1n) is 9.86. The summed E-state index contributed by atoms with van der Waals surface area (Å²) >= 11 is 13.2. The van der Waals surface area contributed by atoms with E-state index in [1.54, 1.807) is 30.3 Å². The van der Waals surface area contributed by atoms with E-state index in [1.165, 1.54) is 4.90 Å². The van der Waals surface area contributed by atoms with E-state index in [1.807, 2.05) is 54.7 Å². The molecule has 0 N–H and O–H groups in total. The summed E-state index contributed by atoms with van der Waals surface area (Å²) in [6.07, 6.45) is 3.77. The molecule has 5 rings (SSSR count). The van der Waals surface area contributed by atoms with Crippen molar-refractivity contribution in [3.05, 3.63) is 105 Å². The minimum atomic E-state index is -0.342. The number of hydrogen-bond donors (Lipinski definition) is 0. The molecule has 1 aliphatic heterocycles. The summed E-state index contributed by atoms with van der Waals surface area (Å²) in [6, 6.07) is 22.3. The number of imide groups is 1. The van der Waals surface area contributed by atoms with Gasteiger partial charge in [0.2, 0.25) is 0 Å². The van der Waals surface area contributed by atoms with E-state index in [-0.39, 0.29) is 11.1 Å². The van der Waals surface area contributed by atoms with Crippen molar-refractivity contribution in [1.29, 1.82) is 0 Å². The summed E-state index contributed by atoms with van der Waals surface area (Å²) in [5.74, 6) is -0.342. The summed E-state index contributed by atoms with van der Waals surface area (Å²) in [6.45, 7) is 0.597. The molecule has 7 heteroatoms. The van der Waals surface area contributed by atoms with Crippen LogP contribution in [0.15, 0.2) is 83.9 Å². The van der Waals surface area contributed by atoms with Crippen molar-refractivity contribution in [3.63, 3.8) is 0 Å². The number of hydrogen-bond acceptors (Lipinski definition) is 3. The number of para-hydroxylation sites is 1. The molecule has 1 saturated heterocycles. The van der Waals surface area contributed by atoms with Gasteiger partial charge in [0.1, 0.15) is 0 Å². The number of rotatable bonds is 4. The SMILES string of the molecule is O=C1S/C(=C/c2cn(Cc3ccccc3Cl)c3ccccc23)C(=O)N1c1ccc(Cl)cc1. The highest BCUT2D eigenvalue weighted by atomic mass is 35.5. The quantitative estimate of drug-likeness (QED) is 0.290. The molecule has 4 aromatic rings. The molecule has 2 amide bonds. The molecule has 2 heterocycles. The molecule has 0 aliphatic carbocycles. The topological polar surface area (TPSA) is 42.3 Å². The molecule has 0 saturated carbocycles. The van der Waals surface area contributed by atoms with Gasteiger partial charge in [0.05, 0.1) is 10.6 Å². The van der Waals surface area contributed by atoms with E-state index in [9.17, 15) is 9.59 Å². The molecule has 0 radical (unpaired) electrons. The Labute approximate surface area is 199 Å². The predicted octanol–water partition coefficient (Wildman–Crippen LogP) is 7.24. The second-order valence-electron chi connectivity index (χ2n) is 7.31. The van der Waals surface area contributed by atoms with Gasteiger partial charge in [0, 0.05) is 39.3 Å². The fourth-order valence-corrected chi connectivity index (χ4v) is 4.91. The zero-order valence-electron chi connectivity index (χ0n) is 16.7. The first kappa shape index (κ1) is 20.9. The van der Waals surface area contributed by atoms with Gasteiger partial charge in [-0.1, -0.05) is 59.6 Å². The Hall–Kier alpha value is -2.99. The van der Waals surface area contributed by atoms with Crippen molar-refractivity contribution in [2.75, 3.05) is 4.90 Å². The zero-order valence-corrected chi connectivity index (χ0v) is 19.0. The van der Waals surface area contributed by atoms with Crippen LogP contribution < -0.4 is 4.90 Å². The van der Waals surface area contributed by atoms with Crippen LogP contribution in [0.4, 0.5) is 10.5 Å². The van der Waals surface area contributed by atoms with Gasteiger partial charge >= 0.3 is 0 Å². The molecule has 1 fully saturated rings. The van der Waals surface area contributed by atoms with Crippen LogP contribution in [-0.2, 0) is 11.3 Å². The second-order valence-corrected chi connectivity index (χ2v) is 9.15. The largest absolute Gasteiger partial charge is 0.342 e. The highest BCUT2D eigenvalue weighted by Gasteiger charge is 2.36. The average molecular weight is 479 g/mol. The van der Waals surface area contributed by atoms with Gasteiger partial charge in [-0.15, -0.1) is 0 Å². The molecule has 158 valence electrons. The van der Waals surface area contributed by atoms with Gasteiger partial charge in [-0.25, -0.2) is 4.90 Å². The van der Waals surface area contributed by atoms with Gasteiger partial charge in [0.15, 0.2) is 0 Å². The number of amides is 2. The molecule has 1 aliphatic rings. The molecule has 0 bridgehead atoms. The van der Waals surface area contributed by atoms with Gasteiger partial charge in [-0.05, 0) is 59.8 Å². The van der Waals surface area contributed by atoms with E-state index >= 15 is 0 Å². The molecule has 0 unspecified atom stereocenters.